The van der Waals surface area contributed by atoms with Crippen molar-refractivity contribution in [3.8, 4) is 11.1 Å². The van der Waals surface area contributed by atoms with Crippen LogP contribution in [0.5, 0.6) is 0 Å². The fourth-order valence-corrected chi connectivity index (χ4v) is 6.38. The van der Waals surface area contributed by atoms with Crippen LogP contribution in [-0.2, 0) is 30.3 Å². The normalized spacial score (nSPS) is 17.9. The molecular weight excluding hydrogens is 600 g/mol. The first kappa shape index (κ1) is 33.0. The Hall–Kier alpha value is -5.35. The first-order chi connectivity index (χ1) is 22.7. The zero-order valence-corrected chi connectivity index (χ0v) is 26.5. The number of rotatable bonds is 11. The van der Waals surface area contributed by atoms with Crippen molar-refractivity contribution in [2.24, 2.45) is 11.0 Å². The molecule has 1 aliphatic carbocycles. The smallest absolute Gasteiger partial charge is 0.407 e. The van der Waals surface area contributed by atoms with Gasteiger partial charge in [0.05, 0.1) is 13.2 Å². The molecule has 2 N–H and O–H groups in total. The Balaban J connectivity index is 1.29. The molecule has 0 bridgehead atoms. The Morgan fingerprint density at radius 1 is 0.936 bits per heavy atom. The standard InChI is InChI=1S/C35H38N6O6/c1-21(2)31(38-35(45)47-20-28-26-15-9-7-13-24(26)25-14-8-10-16-27(25)28)33(43)41-19-23(39-40-36)18-30(41)32(42)37-29(34(44)46-3)17-22-11-5-4-6-12-22/h4-16,21,23,28-31H,17-20H2,1-3H3,(H,37,42)(H,38,45)/t23-,29-,30-,31-/m0/s1. The fraction of sp³-hybridized carbons (Fsp3) is 0.371. The second kappa shape index (κ2) is 14.8. The zero-order valence-electron chi connectivity index (χ0n) is 26.5. The second-order valence-electron chi connectivity index (χ2n) is 12.1. The molecule has 0 aromatic heterocycles. The summed E-state index contributed by atoms with van der Waals surface area (Å²) in [5.41, 5.74) is 14.2. The molecule has 3 aromatic carbocycles. The number of carbonyl (C=O) groups is 4. The predicted molar refractivity (Wildman–Crippen MR) is 174 cm³/mol. The highest BCUT2D eigenvalue weighted by atomic mass is 16.5. The number of azide groups is 1. The number of nitrogens with one attached hydrogen (secondary N) is 2. The van der Waals surface area contributed by atoms with Gasteiger partial charge in [-0.15, -0.1) is 0 Å². The number of likely N-dealkylation sites (tertiary alicyclic amines) is 1. The van der Waals surface area contributed by atoms with Crippen molar-refractivity contribution in [3.05, 3.63) is 106 Å². The Morgan fingerprint density at radius 3 is 2.15 bits per heavy atom. The Morgan fingerprint density at radius 2 is 1.55 bits per heavy atom. The number of alkyl carbamates (subject to hydrolysis) is 1. The Kier molecular flexibility index (Phi) is 10.4. The average molecular weight is 639 g/mol. The quantitative estimate of drug-likeness (QED) is 0.134. The van der Waals surface area contributed by atoms with E-state index in [0.29, 0.717) is 0 Å². The molecule has 2 aliphatic rings. The van der Waals surface area contributed by atoms with Crippen molar-refractivity contribution in [1.29, 1.82) is 0 Å². The summed E-state index contributed by atoms with van der Waals surface area (Å²) in [6.07, 6.45) is -0.534. The third-order valence-electron chi connectivity index (χ3n) is 8.71. The summed E-state index contributed by atoms with van der Waals surface area (Å²) in [7, 11) is 1.23. The molecule has 12 heteroatoms. The molecule has 0 spiro atoms. The highest BCUT2D eigenvalue weighted by Crippen LogP contribution is 2.44. The van der Waals surface area contributed by atoms with E-state index in [9.17, 15) is 19.2 Å². The Bertz CT molecular complexity index is 1630. The fourth-order valence-electron chi connectivity index (χ4n) is 6.38. The van der Waals surface area contributed by atoms with E-state index in [1.165, 1.54) is 12.0 Å². The lowest BCUT2D eigenvalue weighted by Crippen LogP contribution is -2.57. The molecule has 0 unspecified atom stereocenters. The lowest BCUT2D eigenvalue weighted by molar-refractivity contribution is -0.146. The van der Waals surface area contributed by atoms with Crippen molar-refractivity contribution in [2.45, 2.75) is 56.8 Å². The van der Waals surface area contributed by atoms with E-state index in [0.717, 1.165) is 27.8 Å². The Labute approximate surface area is 273 Å². The van der Waals surface area contributed by atoms with E-state index in [-0.39, 0.29) is 37.8 Å². The van der Waals surface area contributed by atoms with Gasteiger partial charge in [-0.05, 0) is 45.7 Å². The summed E-state index contributed by atoms with van der Waals surface area (Å²) in [5.74, 6) is -2.28. The molecule has 0 saturated carbocycles. The van der Waals surface area contributed by atoms with Crippen LogP contribution in [0, 0.1) is 5.92 Å². The van der Waals surface area contributed by atoms with Crippen LogP contribution in [0.15, 0.2) is 84.0 Å². The van der Waals surface area contributed by atoms with E-state index in [1.54, 1.807) is 13.8 Å². The summed E-state index contributed by atoms with van der Waals surface area (Å²) in [4.78, 5) is 57.6. The van der Waals surface area contributed by atoms with Crippen LogP contribution in [0.2, 0.25) is 0 Å². The number of hydrogen-bond donors (Lipinski definition) is 2. The molecule has 0 radical (unpaired) electrons. The minimum Gasteiger partial charge on any atom is -0.467 e. The van der Waals surface area contributed by atoms with Crippen molar-refractivity contribution < 1.29 is 28.7 Å². The summed E-state index contributed by atoms with van der Waals surface area (Å²) in [6.45, 7) is 3.59. The summed E-state index contributed by atoms with van der Waals surface area (Å²) in [6, 6.07) is 21.3. The molecule has 47 heavy (non-hydrogen) atoms. The van der Waals surface area contributed by atoms with Crippen molar-refractivity contribution in [3.63, 3.8) is 0 Å². The first-order valence-corrected chi connectivity index (χ1v) is 15.6. The van der Waals surface area contributed by atoms with Crippen LogP contribution in [0.3, 0.4) is 0 Å². The van der Waals surface area contributed by atoms with Crippen LogP contribution in [0.25, 0.3) is 21.6 Å². The van der Waals surface area contributed by atoms with Gasteiger partial charge < -0.3 is 25.0 Å². The highest BCUT2D eigenvalue weighted by molar-refractivity contribution is 5.94. The van der Waals surface area contributed by atoms with Gasteiger partial charge in [0.2, 0.25) is 11.8 Å². The molecule has 12 nitrogen and oxygen atoms in total. The summed E-state index contributed by atoms with van der Waals surface area (Å²) >= 11 is 0. The molecule has 1 saturated heterocycles. The lowest BCUT2D eigenvalue weighted by atomic mass is 9.98. The summed E-state index contributed by atoms with van der Waals surface area (Å²) in [5, 5.41) is 9.20. The van der Waals surface area contributed by atoms with E-state index >= 15 is 0 Å². The van der Waals surface area contributed by atoms with Crippen LogP contribution < -0.4 is 10.6 Å². The predicted octanol–water partition coefficient (Wildman–Crippen LogP) is 4.73. The van der Waals surface area contributed by atoms with Crippen LogP contribution in [0.1, 0.15) is 42.9 Å². The van der Waals surface area contributed by atoms with E-state index in [1.807, 2.05) is 78.9 Å². The SMILES string of the molecule is COC(=O)[C@H](Cc1ccccc1)NC(=O)[C@@H]1C[C@H](N=[N+]=[N-])CN1C(=O)[C@@H](NC(=O)OCC1c2ccccc2-c2ccccc21)C(C)C. The minimum atomic E-state index is -1.05. The van der Waals surface area contributed by atoms with Crippen molar-refractivity contribution >= 4 is 23.9 Å². The summed E-state index contributed by atoms with van der Waals surface area (Å²) < 4.78 is 10.6. The number of fused-ring (bicyclic) bond motifs is 3. The average Bonchev–Trinajstić information content (AvgIpc) is 3.65. The molecule has 3 aromatic rings. The minimum absolute atomic E-state index is 0.0296. The van der Waals surface area contributed by atoms with Gasteiger partial charge in [0.1, 0.15) is 24.7 Å². The van der Waals surface area contributed by atoms with Crippen LogP contribution in [-0.4, -0.2) is 73.2 Å². The number of hydrogen-bond acceptors (Lipinski definition) is 7. The number of nitrogens with zero attached hydrogens (tertiary/aromatic N) is 4. The van der Waals surface area contributed by atoms with Gasteiger partial charge >= 0.3 is 12.1 Å². The molecule has 244 valence electrons. The number of carbonyl (C=O) groups excluding carboxylic acids is 4. The van der Waals surface area contributed by atoms with Gasteiger partial charge in [0, 0.05) is 23.8 Å². The molecule has 4 atom stereocenters. The maximum atomic E-state index is 14.0. The maximum absolute atomic E-state index is 14.0. The molecule has 5 rings (SSSR count). The molecular formula is C35H38N6O6. The first-order valence-electron chi connectivity index (χ1n) is 15.6. The lowest BCUT2D eigenvalue weighted by Gasteiger charge is -2.31. The number of amides is 3. The maximum Gasteiger partial charge on any atom is 0.407 e. The molecule has 3 amide bonds. The number of esters is 1. The number of benzene rings is 3. The number of methoxy groups -OCH3 is 1. The van der Waals surface area contributed by atoms with Gasteiger partial charge in [-0.3, -0.25) is 9.59 Å². The molecule has 1 aliphatic heterocycles. The monoisotopic (exact) mass is 638 g/mol. The largest absolute Gasteiger partial charge is 0.467 e. The van der Waals surface area contributed by atoms with Gasteiger partial charge in [-0.1, -0.05) is 97.8 Å². The topological polar surface area (TPSA) is 163 Å². The van der Waals surface area contributed by atoms with Crippen LogP contribution >= 0.6 is 0 Å². The van der Waals surface area contributed by atoms with E-state index in [4.69, 9.17) is 15.0 Å². The third-order valence-corrected chi connectivity index (χ3v) is 8.71. The number of ether oxygens (including phenoxy) is 2. The van der Waals surface area contributed by atoms with Gasteiger partial charge in [0.15, 0.2) is 0 Å². The van der Waals surface area contributed by atoms with Gasteiger partial charge in [-0.25, -0.2) is 9.59 Å². The van der Waals surface area contributed by atoms with E-state index in [2.05, 4.69) is 20.7 Å². The van der Waals surface area contributed by atoms with E-state index < -0.39 is 48.0 Å². The molecule has 1 heterocycles. The third kappa shape index (κ3) is 7.39. The zero-order chi connectivity index (χ0) is 33.5. The van der Waals surface area contributed by atoms with Gasteiger partial charge in [-0.2, -0.15) is 0 Å². The highest BCUT2D eigenvalue weighted by Gasteiger charge is 2.43. The van der Waals surface area contributed by atoms with Crippen molar-refractivity contribution in [1.82, 2.24) is 15.5 Å². The second-order valence-corrected chi connectivity index (χ2v) is 12.1. The molecule has 1 fully saturated rings. The van der Waals surface area contributed by atoms with Gasteiger partial charge in [0.25, 0.3) is 0 Å². The van der Waals surface area contributed by atoms with Crippen LogP contribution in [0.4, 0.5) is 4.79 Å². The van der Waals surface area contributed by atoms with Crippen molar-refractivity contribution in [2.75, 3.05) is 20.3 Å².